The summed E-state index contributed by atoms with van der Waals surface area (Å²) in [5.41, 5.74) is 2.04. The maximum Gasteiger partial charge on any atom is 0.604 e. The van der Waals surface area contributed by atoms with Gasteiger partial charge in [0.2, 0.25) is 0 Å². The standard InChI is InChI=1S/C21H23BN4O4/c1-25(14-9-15-27)16-19(28)30-22(29-2)21-24-23-20(17-10-5-3-6-11-17)26(21)18-12-7-4-8-13-18/h3-8,10-13,15H,9,14,16H2,1-2H3. The van der Waals surface area contributed by atoms with E-state index < -0.39 is 13.1 Å². The van der Waals surface area contributed by atoms with E-state index in [1.54, 1.807) is 11.9 Å². The van der Waals surface area contributed by atoms with Gasteiger partial charge in [0.15, 0.2) is 11.5 Å². The lowest BCUT2D eigenvalue weighted by Crippen LogP contribution is -2.45. The van der Waals surface area contributed by atoms with Crippen LogP contribution in [0.5, 0.6) is 0 Å². The zero-order chi connectivity index (χ0) is 21.3. The summed E-state index contributed by atoms with van der Waals surface area (Å²) in [6.45, 7) is 0.493. The van der Waals surface area contributed by atoms with Crippen molar-refractivity contribution >= 4 is 25.1 Å². The summed E-state index contributed by atoms with van der Waals surface area (Å²) in [4.78, 5) is 24.6. The highest BCUT2D eigenvalue weighted by Crippen LogP contribution is 2.19. The van der Waals surface area contributed by atoms with E-state index in [1.165, 1.54) is 7.11 Å². The number of carbonyl (C=O) groups excluding carboxylic acids is 2. The smallest absolute Gasteiger partial charge is 0.503 e. The van der Waals surface area contributed by atoms with Crippen molar-refractivity contribution in [2.75, 3.05) is 27.2 Å². The van der Waals surface area contributed by atoms with E-state index in [-0.39, 0.29) is 6.54 Å². The minimum atomic E-state index is -1.04. The summed E-state index contributed by atoms with van der Waals surface area (Å²) in [6.07, 6.45) is 1.16. The quantitative estimate of drug-likeness (QED) is 0.371. The van der Waals surface area contributed by atoms with Crippen LogP contribution in [0.25, 0.3) is 17.1 Å². The van der Waals surface area contributed by atoms with Gasteiger partial charge in [-0.15, -0.1) is 10.2 Å². The largest absolute Gasteiger partial charge is 0.604 e. The number of benzene rings is 2. The molecule has 0 spiro atoms. The van der Waals surface area contributed by atoms with Gasteiger partial charge >= 0.3 is 13.1 Å². The fraction of sp³-hybridized carbons (Fsp3) is 0.238. The van der Waals surface area contributed by atoms with Gasteiger partial charge in [-0.1, -0.05) is 48.5 Å². The molecule has 2 aromatic carbocycles. The SMILES string of the molecule is COB(OC(=O)CN(C)CCC=O)c1nnc(-c2ccccc2)n1-c1ccccc1. The van der Waals surface area contributed by atoms with Crippen molar-refractivity contribution in [3.05, 3.63) is 60.7 Å². The van der Waals surface area contributed by atoms with E-state index in [9.17, 15) is 9.59 Å². The Morgan fingerprint density at radius 2 is 1.77 bits per heavy atom. The van der Waals surface area contributed by atoms with E-state index in [0.717, 1.165) is 17.5 Å². The number of nitrogens with zero attached hydrogens (tertiary/aromatic N) is 4. The Morgan fingerprint density at radius 1 is 1.10 bits per heavy atom. The van der Waals surface area contributed by atoms with Crippen LogP contribution in [-0.2, 0) is 18.9 Å². The summed E-state index contributed by atoms with van der Waals surface area (Å²) < 4.78 is 12.8. The molecule has 3 aromatic rings. The Labute approximate surface area is 175 Å². The van der Waals surface area contributed by atoms with Crippen molar-refractivity contribution in [3.63, 3.8) is 0 Å². The zero-order valence-corrected chi connectivity index (χ0v) is 17.0. The van der Waals surface area contributed by atoms with Crippen LogP contribution in [0.3, 0.4) is 0 Å². The number of aromatic nitrogens is 3. The van der Waals surface area contributed by atoms with Crippen molar-refractivity contribution in [1.29, 1.82) is 0 Å². The number of rotatable bonds is 10. The van der Waals surface area contributed by atoms with Gasteiger partial charge in [-0.3, -0.25) is 14.3 Å². The van der Waals surface area contributed by atoms with E-state index in [1.807, 2.05) is 65.2 Å². The Hall–Kier alpha value is -3.30. The Bertz CT molecular complexity index is 966. The number of carbonyl (C=O) groups is 2. The van der Waals surface area contributed by atoms with Gasteiger partial charge in [0.05, 0.1) is 6.54 Å². The van der Waals surface area contributed by atoms with Gasteiger partial charge in [-0.2, -0.15) is 0 Å². The summed E-state index contributed by atoms with van der Waals surface area (Å²) in [5.74, 6) is 0.122. The molecule has 1 aromatic heterocycles. The molecule has 0 saturated heterocycles. The molecule has 0 aliphatic carbocycles. The predicted molar refractivity (Wildman–Crippen MR) is 113 cm³/mol. The van der Waals surface area contributed by atoms with Crippen molar-refractivity contribution in [1.82, 2.24) is 19.7 Å². The lowest BCUT2D eigenvalue weighted by Gasteiger charge is -2.17. The first-order valence-electron chi connectivity index (χ1n) is 9.54. The Morgan fingerprint density at radius 3 is 2.40 bits per heavy atom. The molecule has 0 unspecified atom stereocenters. The van der Waals surface area contributed by atoms with Crippen LogP contribution in [0, 0.1) is 0 Å². The maximum absolute atomic E-state index is 12.4. The molecule has 0 saturated carbocycles. The van der Waals surface area contributed by atoms with Crippen LogP contribution in [0.4, 0.5) is 0 Å². The molecule has 3 rings (SSSR count). The molecule has 1 heterocycles. The first kappa shape index (κ1) is 21.4. The second-order valence-electron chi connectivity index (χ2n) is 6.67. The monoisotopic (exact) mass is 406 g/mol. The predicted octanol–water partition coefficient (Wildman–Crippen LogP) is 1.34. The molecule has 0 bridgehead atoms. The van der Waals surface area contributed by atoms with E-state index >= 15 is 0 Å². The minimum absolute atomic E-state index is 0.0265. The molecular formula is C21H23BN4O4. The molecule has 0 atom stereocenters. The molecule has 0 fully saturated rings. The van der Waals surface area contributed by atoms with E-state index in [4.69, 9.17) is 9.31 Å². The van der Waals surface area contributed by atoms with Crippen molar-refractivity contribution in [2.24, 2.45) is 0 Å². The van der Waals surface area contributed by atoms with Gasteiger partial charge in [-0.25, -0.2) is 0 Å². The fourth-order valence-corrected chi connectivity index (χ4v) is 2.99. The fourth-order valence-electron chi connectivity index (χ4n) is 2.99. The van der Waals surface area contributed by atoms with Crippen molar-refractivity contribution in [2.45, 2.75) is 6.42 Å². The van der Waals surface area contributed by atoms with Crippen LogP contribution in [0.2, 0.25) is 0 Å². The number of aldehydes is 1. The van der Waals surface area contributed by atoms with Gasteiger partial charge in [0.25, 0.3) is 0 Å². The number of para-hydroxylation sites is 1. The van der Waals surface area contributed by atoms with Crippen molar-refractivity contribution in [3.8, 4) is 17.1 Å². The van der Waals surface area contributed by atoms with Crippen LogP contribution >= 0.6 is 0 Å². The minimum Gasteiger partial charge on any atom is -0.503 e. The maximum atomic E-state index is 12.4. The number of hydrogen-bond acceptors (Lipinski definition) is 7. The first-order chi connectivity index (χ1) is 14.6. The average molecular weight is 406 g/mol. The molecule has 30 heavy (non-hydrogen) atoms. The van der Waals surface area contributed by atoms with Crippen LogP contribution in [-0.4, -0.2) is 66.3 Å². The van der Waals surface area contributed by atoms with Crippen LogP contribution in [0.15, 0.2) is 60.7 Å². The Kier molecular flexibility index (Phi) is 7.48. The zero-order valence-electron chi connectivity index (χ0n) is 17.0. The van der Waals surface area contributed by atoms with Gasteiger partial charge < -0.3 is 14.1 Å². The second-order valence-corrected chi connectivity index (χ2v) is 6.67. The number of hydrogen-bond donors (Lipinski definition) is 0. The molecule has 154 valence electrons. The Balaban J connectivity index is 1.91. The van der Waals surface area contributed by atoms with Crippen LogP contribution < -0.4 is 5.72 Å². The van der Waals surface area contributed by atoms with Gasteiger partial charge in [-0.05, 0) is 19.2 Å². The lowest BCUT2D eigenvalue weighted by molar-refractivity contribution is -0.136. The van der Waals surface area contributed by atoms with Gasteiger partial charge in [0.1, 0.15) is 6.29 Å². The molecule has 0 aliphatic rings. The highest BCUT2D eigenvalue weighted by molar-refractivity contribution is 6.61. The molecule has 0 aliphatic heterocycles. The first-order valence-corrected chi connectivity index (χ1v) is 9.54. The van der Waals surface area contributed by atoms with Crippen LogP contribution in [0.1, 0.15) is 6.42 Å². The molecule has 0 N–H and O–H groups in total. The summed E-state index contributed by atoms with van der Waals surface area (Å²) in [6, 6.07) is 19.2. The third kappa shape index (κ3) is 5.19. The molecule has 0 amide bonds. The average Bonchev–Trinajstić information content (AvgIpc) is 3.22. The molecule has 9 heteroatoms. The molecule has 0 radical (unpaired) electrons. The lowest BCUT2D eigenvalue weighted by atomic mass is 9.88. The highest BCUT2D eigenvalue weighted by atomic mass is 16.6. The third-order valence-electron chi connectivity index (χ3n) is 4.43. The highest BCUT2D eigenvalue weighted by Gasteiger charge is 2.33. The summed E-state index contributed by atoms with van der Waals surface area (Å²) >= 11 is 0. The number of likely N-dealkylation sites (N-methyl/N-ethyl adjacent to an activating group) is 1. The second kappa shape index (κ2) is 10.5. The third-order valence-corrected chi connectivity index (χ3v) is 4.43. The molecule has 8 nitrogen and oxygen atoms in total. The van der Waals surface area contributed by atoms with Crippen molar-refractivity contribution < 1.29 is 18.9 Å². The van der Waals surface area contributed by atoms with Gasteiger partial charge in [0, 0.05) is 31.3 Å². The topological polar surface area (TPSA) is 86.6 Å². The summed E-state index contributed by atoms with van der Waals surface area (Å²) in [5, 5.41) is 8.61. The normalized spacial score (nSPS) is 10.8. The summed E-state index contributed by atoms with van der Waals surface area (Å²) in [7, 11) is 2.15. The molecular weight excluding hydrogens is 383 g/mol. The van der Waals surface area contributed by atoms with E-state index in [2.05, 4.69) is 10.2 Å². The van der Waals surface area contributed by atoms with E-state index in [0.29, 0.717) is 24.5 Å².